The molecule has 0 fully saturated rings. The molecule has 10 aromatic rings. The summed E-state index contributed by atoms with van der Waals surface area (Å²) in [5.74, 6) is 3.42. The van der Waals surface area contributed by atoms with Gasteiger partial charge in [0.1, 0.15) is 23.0 Å². The summed E-state index contributed by atoms with van der Waals surface area (Å²) in [5.41, 5.74) is 14.9. The third-order valence-electron chi connectivity index (χ3n) is 14.4. The van der Waals surface area contributed by atoms with Crippen LogP contribution in [0.2, 0.25) is 0 Å². The number of hydrogen-bond acceptors (Lipinski definition) is 2. The highest BCUT2D eigenvalue weighted by molar-refractivity contribution is 6.98. The van der Waals surface area contributed by atoms with Gasteiger partial charge in [0.2, 0.25) is 0 Å². The summed E-state index contributed by atoms with van der Waals surface area (Å²) in [5, 5.41) is 4.92. The second-order valence-corrected chi connectivity index (χ2v) is 18.8. The molecular formula is C62H47BO2. The van der Waals surface area contributed by atoms with Gasteiger partial charge in [0.15, 0.2) is 0 Å². The Kier molecular flexibility index (Phi) is 9.00. The van der Waals surface area contributed by atoms with E-state index in [1.807, 2.05) is 0 Å². The third-order valence-corrected chi connectivity index (χ3v) is 14.4. The van der Waals surface area contributed by atoms with Crippen LogP contribution < -0.4 is 25.9 Å². The molecule has 0 radical (unpaired) electrons. The number of fused-ring (bicyclic) bond motifs is 6. The molecule has 0 amide bonds. The molecule has 310 valence electrons. The maximum atomic E-state index is 7.05. The van der Waals surface area contributed by atoms with Crippen LogP contribution in [0.4, 0.5) is 0 Å². The molecule has 0 spiro atoms. The predicted molar refractivity (Wildman–Crippen MR) is 273 cm³/mol. The van der Waals surface area contributed by atoms with Crippen LogP contribution in [0.25, 0.3) is 54.9 Å². The van der Waals surface area contributed by atoms with Gasteiger partial charge in [-0.25, -0.2) is 0 Å². The van der Waals surface area contributed by atoms with Crippen molar-refractivity contribution in [2.75, 3.05) is 0 Å². The molecule has 0 saturated heterocycles. The minimum atomic E-state index is -0.314. The molecule has 0 bridgehead atoms. The van der Waals surface area contributed by atoms with Crippen LogP contribution in [0.5, 0.6) is 23.0 Å². The van der Waals surface area contributed by atoms with Crippen LogP contribution in [-0.4, -0.2) is 6.71 Å². The van der Waals surface area contributed by atoms with E-state index >= 15 is 0 Å². The Morgan fingerprint density at radius 1 is 0.308 bits per heavy atom. The van der Waals surface area contributed by atoms with Gasteiger partial charge in [-0.15, -0.1) is 0 Å². The lowest BCUT2D eigenvalue weighted by Gasteiger charge is -2.35. The second-order valence-electron chi connectivity index (χ2n) is 18.8. The molecular weight excluding hydrogens is 787 g/mol. The van der Waals surface area contributed by atoms with Crippen LogP contribution in [0.3, 0.4) is 0 Å². The lowest BCUT2D eigenvalue weighted by atomic mass is 9.34. The minimum absolute atomic E-state index is 0.0472. The number of benzene rings is 10. The molecule has 0 aromatic heterocycles. The summed E-state index contributed by atoms with van der Waals surface area (Å²) in [4.78, 5) is 0. The summed E-state index contributed by atoms with van der Waals surface area (Å²) in [7, 11) is 0. The lowest BCUT2D eigenvalue weighted by Crippen LogP contribution is -2.57. The molecule has 2 nitrogen and oxygen atoms in total. The zero-order chi connectivity index (χ0) is 43.9. The summed E-state index contributed by atoms with van der Waals surface area (Å²) in [6, 6.07) is 77.3. The van der Waals surface area contributed by atoms with Gasteiger partial charge < -0.3 is 9.47 Å². The smallest absolute Gasteiger partial charge is 0.260 e. The molecule has 10 aromatic carbocycles. The van der Waals surface area contributed by atoms with Crippen LogP contribution in [0.1, 0.15) is 49.9 Å². The van der Waals surface area contributed by atoms with Gasteiger partial charge in [-0.1, -0.05) is 210 Å². The van der Waals surface area contributed by atoms with E-state index in [4.69, 9.17) is 9.47 Å². The molecule has 65 heavy (non-hydrogen) atoms. The Morgan fingerprint density at radius 2 is 0.754 bits per heavy atom. The quantitative estimate of drug-likeness (QED) is 0.118. The average molecular weight is 835 g/mol. The van der Waals surface area contributed by atoms with Gasteiger partial charge in [-0.3, -0.25) is 0 Å². The van der Waals surface area contributed by atoms with E-state index in [1.165, 1.54) is 66.1 Å². The van der Waals surface area contributed by atoms with E-state index < -0.39 is 0 Å². The van der Waals surface area contributed by atoms with Crippen LogP contribution in [0, 0.1) is 0 Å². The van der Waals surface area contributed by atoms with Crippen molar-refractivity contribution in [3.8, 4) is 56.4 Å². The van der Waals surface area contributed by atoms with E-state index in [2.05, 4.69) is 240 Å². The lowest BCUT2D eigenvalue weighted by molar-refractivity contribution is 0.464. The van der Waals surface area contributed by atoms with Crippen molar-refractivity contribution >= 4 is 44.6 Å². The Bertz CT molecular complexity index is 3410. The first-order valence-electron chi connectivity index (χ1n) is 22.8. The molecule has 2 heterocycles. The zero-order valence-electron chi connectivity index (χ0n) is 37.1. The van der Waals surface area contributed by atoms with Gasteiger partial charge >= 0.3 is 0 Å². The fourth-order valence-electron chi connectivity index (χ4n) is 10.7. The summed E-state index contributed by atoms with van der Waals surface area (Å²) < 4.78 is 14.0. The van der Waals surface area contributed by atoms with E-state index in [-0.39, 0.29) is 17.5 Å². The maximum absolute atomic E-state index is 7.05. The maximum Gasteiger partial charge on any atom is 0.260 e. The van der Waals surface area contributed by atoms with E-state index in [1.54, 1.807) is 0 Å². The van der Waals surface area contributed by atoms with E-state index in [0.29, 0.717) is 0 Å². The molecule has 3 heteroatoms. The molecule has 12 rings (SSSR count). The highest BCUT2D eigenvalue weighted by Gasteiger charge is 2.41. The molecule has 0 unspecified atom stereocenters. The molecule has 0 saturated carbocycles. The SMILES string of the molecule is CC(C)(c1ccccc1)c1cc(-c2cc3c4c(c2)Oc2ccc(C(C)(C)c5ccccc5)cc2B4c2ccccc2O3)cc(-c2c3ccccc3c(-c3ccccc3)c3ccccc23)c1. The number of para-hydroxylation sites is 1. The van der Waals surface area contributed by atoms with Gasteiger partial charge in [-0.2, -0.15) is 0 Å². The fraction of sp³-hybridized carbons (Fsp3) is 0.0968. The molecule has 2 aliphatic heterocycles. The second kappa shape index (κ2) is 15.0. The van der Waals surface area contributed by atoms with Gasteiger partial charge in [0.25, 0.3) is 6.71 Å². The summed E-state index contributed by atoms with van der Waals surface area (Å²) in [6.45, 7) is 9.25. The van der Waals surface area contributed by atoms with Crippen molar-refractivity contribution in [2.45, 2.75) is 38.5 Å². The largest absolute Gasteiger partial charge is 0.458 e. The van der Waals surface area contributed by atoms with Crippen molar-refractivity contribution in [1.29, 1.82) is 0 Å². The van der Waals surface area contributed by atoms with E-state index in [0.717, 1.165) is 50.5 Å². The zero-order valence-corrected chi connectivity index (χ0v) is 37.1. The molecule has 0 N–H and O–H groups in total. The highest BCUT2D eigenvalue weighted by atomic mass is 16.5. The minimum Gasteiger partial charge on any atom is -0.458 e. The van der Waals surface area contributed by atoms with Gasteiger partial charge in [-0.05, 0) is 118 Å². The molecule has 0 atom stereocenters. The first kappa shape index (κ1) is 39.0. The van der Waals surface area contributed by atoms with Crippen molar-refractivity contribution in [2.24, 2.45) is 0 Å². The topological polar surface area (TPSA) is 18.5 Å². The van der Waals surface area contributed by atoms with Crippen LogP contribution in [-0.2, 0) is 10.8 Å². The standard InChI is InChI=1S/C62H47BO2/c1-61(2,44-22-10-6-11-23-44)46-32-33-55-53(39-46)63-52-30-18-19-31-54(52)64-56-37-42(38-57(65-55)60(56)63)41-34-43(36-47(35-41)62(3,4)45-24-12-7-13-25-45)59-50-28-16-14-26-48(50)58(40-20-8-5-9-21-40)49-27-15-17-29-51(49)59/h5-39H,1-4H3. The third kappa shape index (κ3) is 6.32. The number of rotatable bonds is 7. The van der Waals surface area contributed by atoms with Crippen molar-refractivity contribution in [3.63, 3.8) is 0 Å². The van der Waals surface area contributed by atoms with Crippen molar-refractivity contribution < 1.29 is 9.47 Å². The first-order valence-corrected chi connectivity index (χ1v) is 22.8. The Hall–Kier alpha value is -7.62. The normalized spacial score (nSPS) is 12.8. The predicted octanol–water partition coefficient (Wildman–Crippen LogP) is 14.4. The molecule has 2 aliphatic rings. The highest BCUT2D eigenvalue weighted by Crippen LogP contribution is 2.47. The average Bonchev–Trinajstić information content (AvgIpc) is 3.35. The Morgan fingerprint density at radius 3 is 1.34 bits per heavy atom. The van der Waals surface area contributed by atoms with Gasteiger partial charge in [0.05, 0.1) is 0 Å². The van der Waals surface area contributed by atoms with Crippen LogP contribution >= 0.6 is 0 Å². The number of ether oxygens (including phenoxy) is 2. The molecule has 0 aliphatic carbocycles. The van der Waals surface area contributed by atoms with Crippen LogP contribution in [0.15, 0.2) is 212 Å². The fourth-order valence-corrected chi connectivity index (χ4v) is 10.7. The van der Waals surface area contributed by atoms with Crippen molar-refractivity contribution in [3.05, 3.63) is 235 Å². The van der Waals surface area contributed by atoms with Gasteiger partial charge in [0, 0.05) is 16.3 Å². The van der Waals surface area contributed by atoms with E-state index in [9.17, 15) is 0 Å². The summed E-state index contributed by atoms with van der Waals surface area (Å²) in [6.07, 6.45) is 0. The van der Waals surface area contributed by atoms with Crippen molar-refractivity contribution in [1.82, 2.24) is 0 Å². The number of hydrogen-bond donors (Lipinski definition) is 0. The Labute approximate surface area is 381 Å². The summed E-state index contributed by atoms with van der Waals surface area (Å²) >= 11 is 0. The first-order chi connectivity index (χ1) is 31.7. The monoisotopic (exact) mass is 834 g/mol. The Balaban J connectivity index is 1.08.